The zero-order chi connectivity index (χ0) is 30.9. The Balaban J connectivity index is 1.31. The average molecular weight is 650 g/mol. The molecule has 3 aliphatic rings. The smallest absolute Gasteiger partial charge is 0.253 e. The minimum absolute atomic E-state index is 0.0377. The third-order valence-electron chi connectivity index (χ3n) is 9.19. The van der Waals surface area contributed by atoms with Crippen molar-refractivity contribution in [3.05, 3.63) is 63.6 Å². The topological polar surface area (TPSA) is 98.3 Å². The first-order valence-electron chi connectivity index (χ1n) is 14.8. The Morgan fingerprint density at radius 1 is 0.837 bits per heavy atom. The number of carbonyl (C=O) groups is 3. The van der Waals surface area contributed by atoms with Gasteiger partial charge in [-0.25, -0.2) is 8.42 Å². The molecule has 0 bridgehead atoms. The van der Waals surface area contributed by atoms with E-state index in [-0.39, 0.29) is 47.1 Å². The van der Waals surface area contributed by atoms with E-state index >= 15 is 0 Å². The van der Waals surface area contributed by atoms with Crippen molar-refractivity contribution < 1.29 is 22.8 Å². The second-order valence-corrected chi connectivity index (χ2v) is 14.9. The van der Waals surface area contributed by atoms with Crippen LogP contribution in [0, 0.1) is 5.92 Å². The zero-order valence-corrected chi connectivity index (χ0v) is 26.9. The number of hydrogen-bond acceptors (Lipinski definition) is 6. The third-order valence-corrected chi connectivity index (χ3v) is 11.5. The Kier molecular flexibility index (Phi) is 9.58. The number of sulfone groups is 1. The molecule has 0 aromatic heterocycles. The third kappa shape index (κ3) is 7.13. The molecule has 0 saturated carbocycles. The summed E-state index contributed by atoms with van der Waals surface area (Å²) in [7, 11) is -1.18. The number of rotatable bonds is 5. The Morgan fingerprint density at radius 3 is 2.07 bits per heavy atom. The maximum absolute atomic E-state index is 13.7. The zero-order valence-electron chi connectivity index (χ0n) is 24.5. The number of carbonyl (C=O) groups excluding carboxylic acids is 3. The van der Waals surface area contributed by atoms with E-state index in [1.54, 1.807) is 42.0 Å². The van der Waals surface area contributed by atoms with Gasteiger partial charge in [0.05, 0.1) is 21.6 Å². The summed E-state index contributed by atoms with van der Waals surface area (Å²) in [5.74, 6) is -0.0269. The predicted octanol–water partition coefficient (Wildman–Crippen LogP) is 3.94. The number of benzene rings is 2. The van der Waals surface area contributed by atoms with Crippen LogP contribution in [0.25, 0.3) is 0 Å². The maximum atomic E-state index is 13.7. The van der Waals surface area contributed by atoms with Crippen molar-refractivity contribution in [1.82, 2.24) is 14.7 Å². The fourth-order valence-corrected chi connectivity index (χ4v) is 8.02. The molecule has 12 heteroatoms. The molecule has 2 atom stereocenters. The molecule has 232 valence electrons. The van der Waals surface area contributed by atoms with Crippen molar-refractivity contribution in [3.8, 4) is 0 Å². The molecular weight excluding hydrogens is 611 g/mol. The van der Waals surface area contributed by atoms with Crippen LogP contribution >= 0.6 is 23.2 Å². The summed E-state index contributed by atoms with van der Waals surface area (Å²) in [6, 6.07) is 12.6. The van der Waals surface area contributed by atoms with Crippen molar-refractivity contribution >= 4 is 56.4 Å². The molecule has 2 aromatic rings. The highest BCUT2D eigenvalue weighted by Gasteiger charge is 2.39. The fraction of sp³-hybridized carbons (Fsp3) is 0.516. The first-order chi connectivity index (χ1) is 20.4. The van der Waals surface area contributed by atoms with Crippen LogP contribution in [0.2, 0.25) is 10.0 Å². The summed E-state index contributed by atoms with van der Waals surface area (Å²) in [6.45, 7) is 4.59. The summed E-state index contributed by atoms with van der Waals surface area (Å²) in [4.78, 5) is 46.6. The lowest BCUT2D eigenvalue weighted by Crippen LogP contribution is -2.53. The van der Waals surface area contributed by atoms with Crippen molar-refractivity contribution in [1.29, 1.82) is 0 Å². The first-order valence-corrected chi connectivity index (χ1v) is 17.3. The quantitative estimate of drug-likeness (QED) is 0.487. The number of likely N-dealkylation sites (tertiary alicyclic amines) is 2. The van der Waals surface area contributed by atoms with Crippen molar-refractivity contribution in [2.75, 3.05) is 62.7 Å². The average Bonchev–Trinajstić information content (AvgIpc) is 3.01. The Hall–Kier alpha value is -2.82. The van der Waals surface area contributed by atoms with Gasteiger partial charge in [-0.1, -0.05) is 29.3 Å². The molecule has 43 heavy (non-hydrogen) atoms. The van der Waals surface area contributed by atoms with E-state index in [9.17, 15) is 22.8 Å². The van der Waals surface area contributed by atoms with Gasteiger partial charge in [0.2, 0.25) is 11.8 Å². The minimum Gasteiger partial charge on any atom is -0.369 e. The fourth-order valence-electron chi connectivity index (χ4n) is 6.51. The van der Waals surface area contributed by atoms with E-state index in [1.165, 1.54) is 0 Å². The van der Waals surface area contributed by atoms with Crippen LogP contribution in [0.3, 0.4) is 0 Å². The van der Waals surface area contributed by atoms with Crippen LogP contribution < -0.4 is 4.90 Å². The predicted molar refractivity (Wildman–Crippen MR) is 169 cm³/mol. The number of likely N-dealkylation sites (N-methyl/N-ethyl adjacent to an activating group) is 1. The molecule has 9 nitrogen and oxygen atoms in total. The van der Waals surface area contributed by atoms with Crippen molar-refractivity contribution in [3.63, 3.8) is 0 Å². The normalized spacial score (nSPS) is 22.7. The number of anilines is 1. The van der Waals surface area contributed by atoms with Gasteiger partial charge in [0.25, 0.3) is 5.91 Å². The molecule has 3 fully saturated rings. The number of hydrogen-bond donors (Lipinski definition) is 0. The van der Waals surface area contributed by atoms with Crippen molar-refractivity contribution in [2.45, 2.75) is 38.1 Å². The molecule has 3 saturated heterocycles. The van der Waals surface area contributed by atoms with Gasteiger partial charge in [-0.2, -0.15) is 0 Å². The molecule has 0 radical (unpaired) electrons. The van der Waals surface area contributed by atoms with Gasteiger partial charge in [0.15, 0.2) is 9.84 Å². The van der Waals surface area contributed by atoms with Crippen LogP contribution in [0.4, 0.5) is 5.69 Å². The highest BCUT2D eigenvalue weighted by Crippen LogP contribution is 2.36. The monoisotopic (exact) mass is 648 g/mol. The van der Waals surface area contributed by atoms with E-state index in [0.29, 0.717) is 74.1 Å². The summed E-state index contributed by atoms with van der Waals surface area (Å²) < 4.78 is 23.6. The van der Waals surface area contributed by atoms with E-state index in [0.717, 1.165) is 11.3 Å². The van der Waals surface area contributed by atoms with Gasteiger partial charge in [-0.3, -0.25) is 14.4 Å². The summed E-state index contributed by atoms with van der Waals surface area (Å²) in [5, 5.41) is 0.867. The highest BCUT2D eigenvalue weighted by molar-refractivity contribution is 7.91. The lowest BCUT2D eigenvalue weighted by Gasteiger charge is -2.44. The van der Waals surface area contributed by atoms with Crippen LogP contribution in [-0.2, 0) is 19.4 Å². The lowest BCUT2D eigenvalue weighted by atomic mass is 9.83. The molecule has 3 amide bonds. The molecular formula is C31H38Cl2N4O5S. The van der Waals surface area contributed by atoms with Gasteiger partial charge in [0.1, 0.15) is 0 Å². The van der Waals surface area contributed by atoms with Crippen LogP contribution in [-0.4, -0.2) is 105 Å². The first kappa shape index (κ1) is 31.6. The van der Waals surface area contributed by atoms with Crippen LogP contribution in [0.15, 0.2) is 42.5 Å². The molecule has 2 aromatic carbocycles. The molecule has 0 unspecified atom stereocenters. The van der Waals surface area contributed by atoms with E-state index in [4.69, 9.17) is 23.2 Å². The van der Waals surface area contributed by atoms with Gasteiger partial charge >= 0.3 is 0 Å². The molecule has 0 aliphatic carbocycles. The molecule has 0 N–H and O–H groups in total. The van der Waals surface area contributed by atoms with E-state index < -0.39 is 9.84 Å². The van der Waals surface area contributed by atoms with Gasteiger partial charge in [0, 0.05) is 82.4 Å². The summed E-state index contributed by atoms with van der Waals surface area (Å²) in [6.07, 6.45) is 1.90. The Labute approximate surface area is 263 Å². The van der Waals surface area contributed by atoms with Crippen LogP contribution in [0.1, 0.15) is 48.0 Å². The Bertz CT molecular complexity index is 1460. The van der Waals surface area contributed by atoms with E-state index in [1.807, 2.05) is 34.1 Å². The lowest BCUT2D eigenvalue weighted by molar-refractivity contribution is -0.141. The number of halogens is 2. The molecule has 3 aliphatic heterocycles. The van der Waals surface area contributed by atoms with Crippen LogP contribution in [0.5, 0.6) is 0 Å². The number of piperidine rings is 2. The number of nitrogens with zero attached hydrogens (tertiary/aromatic N) is 4. The highest BCUT2D eigenvalue weighted by atomic mass is 35.5. The molecule has 5 rings (SSSR count). The largest absolute Gasteiger partial charge is 0.369 e. The summed E-state index contributed by atoms with van der Waals surface area (Å²) in [5.41, 5.74) is 2.35. The minimum atomic E-state index is -2.98. The summed E-state index contributed by atoms with van der Waals surface area (Å²) >= 11 is 12.6. The van der Waals surface area contributed by atoms with Gasteiger partial charge in [-0.05, 0) is 61.2 Å². The van der Waals surface area contributed by atoms with E-state index in [2.05, 4.69) is 0 Å². The Morgan fingerprint density at radius 2 is 1.47 bits per heavy atom. The molecule has 3 heterocycles. The van der Waals surface area contributed by atoms with Crippen molar-refractivity contribution in [2.24, 2.45) is 5.92 Å². The molecule has 0 spiro atoms. The maximum Gasteiger partial charge on any atom is 0.253 e. The standard InChI is InChI=1S/C31H38Cl2N4O5S/c1-21(38)35-12-9-23(10-13-35)31(40)37-14-11-29(26(20-37)24-5-8-27(32)28(33)19-24)34(2)30(39)22-3-6-25(7-4-22)36-15-17-43(41,42)18-16-36/h3-8,19,23,26,29H,9-18,20H2,1-2H3/t26-,29+/m0/s1. The van der Waals surface area contributed by atoms with Gasteiger partial charge in [-0.15, -0.1) is 0 Å². The second-order valence-electron chi connectivity index (χ2n) is 11.8. The second kappa shape index (κ2) is 13.0. The van der Waals surface area contributed by atoms with Gasteiger partial charge < -0.3 is 19.6 Å². The number of amides is 3. The SMILES string of the molecule is CC(=O)N1CCC(C(=O)N2CC[C@@H](N(C)C(=O)c3ccc(N4CCS(=O)(=O)CC4)cc3)[C@H](c3ccc(Cl)c(Cl)c3)C2)CC1.